The summed E-state index contributed by atoms with van der Waals surface area (Å²) in [4.78, 5) is 64.2. The molecule has 0 bridgehead atoms. The number of nitrogens with one attached hydrogen (secondary N) is 3. The lowest BCUT2D eigenvalue weighted by atomic mass is 9.76. The van der Waals surface area contributed by atoms with Crippen molar-refractivity contribution >= 4 is 41.2 Å². The lowest BCUT2D eigenvalue weighted by Gasteiger charge is -2.35. The minimum absolute atomic E-state index is 0.0968. The second-order valence-electron chi connectivity index (χ2n) is 12.8. The van der Waals surface area contributed by atoms with Crippen LogP contribution in [0.25, 0.3) is 0 Å². The van der Waals surface area contributed by atoms with Gasteiger partial charge in [0.15, 0.2) is 0 Å². The molecule has 4 atom stereocenters. The molecule has 2 aromatic carbocycles. The van der Waals surface area contributed by atoms with Gasteiger partial charge in [0.2, 0.25) is 17.6 Å². The number of benzene rings is 2. The van der Waals surface area contributed by atoms with Gasteiger partial charge < -0.3 is 26.4 Å². The van der Waals surface area contributed by atoms with Crippen LogP contribution in [-0.4, -0.2) is 48.2 Å². The normalized spacial score (nSPS) is 19.0. The fraction of sp³-hybridized carbons (Fsp3) is 0.500. The van der Waals surface area contributed by atoms with Crippen molar-refractivity contribution in [2.24, 2.45) is 17.6 Å². The van der Waals surface area contributed by atoms with E-state index in [1.54, 1.807) is 18.2 Å². The first kappa shape index (κ1) is 34.9. The molecule has 2 fully saturated rings. The Kier molecular flexibility index (Phi) is 11.8. The van der Waals surface area contributed by atoms with Gasteiger partial charge in [0.1, 0.15) is 18.0 Å². The molecule has 4 unspecified atom stereocenters. The maximum Gasteiger partial charge on any atom is 0.408 e. The highest BCUT2D eigenvalue weighted by molar-refractivity contribution is 6.38. The number of rotatable bonds is 13. The molecule has 2 aromatic rings. The van der Waals surface area contributed by atoms with Crippen LogP contribution < -0.4 is 21.7 Å². The molecular formula is C34H42ClFN4O6. The summed E-state index contributed by atoms with van der Waals surface area (Å²) in [6.07, 6.45) is 3.61. The third kappa shape index (κ3) is 9.05. The Bertz CT molecular complexity index is 1430. The summed E-state index contributed by atoms with van der Waals surface area (Å²) in [5.74, 6) is -4.11. The first-order chi connectivity index (χ1) is 21.8. The van der Waals surface area contributed by atoms with Crippen molar-refractivity contribution in [1.29, 1.82) is 0 Å². The summed E-state index contributed by atoms with van der Waals surface area (Å²) in [5, 5.41) is 8.48. The lowest BCUT2D eigenvalue weighted by molar-refractivity contribution is -0.139. The van der Waals surface area contributed by atoms with E-state index < -0.39 is 59.0 Å². The predicted octanol–water partition coefficient (Wildman–Crippen LogP) is 4.63. The van der Waals surface area contributed by atoms with Gasteiger partial charge in [0.05, 0.1) is 6.04 Å². The Labute approximate surface area is 273 Å². The van der Waals surface area contributed by atoms with Gasteiger partial charge in [0, 0.05) is 22.9 Å². The fourth-order valence-electron chi connectivity index (χ4n) is 6.41. The third-order valence-corrected chi connectivity index (χ3v) is 9.32. The average molecular weight is 657 g/mol. The van der Waals surface area contributed by atoms with E-state index in [-0.39, 0.29) is 24.7 Å². The minimum atomic E-state index is -1.33. The predicted molar refractivity (Wildman–Crippen MR) is 170 cm³/mol. The van der Waals surface area contributed by atoms with Gasteiger partial charge in [-0.25, -0.2) is 9.18 Å². The summed E-state index contributed by atoms with van der Waals surface area (Å²) in [7, 11) is 0. The molecule has 1 saturated heterocycles. The number of nitrogens with two attached hydrogens (primary N) is 1. The number of hydrogen-bond donors (Lipinski definition) is 4. The first-order valence-electron chi connectivity index (χ1n) is 15.8. The topological polar surface area (TPSA) is 157 Å². The van der Waals surface area contributed by atoms with Crippen LogP contribution in [0.2, 0.25) is 5.02 Å². The van der Waals surface area contributed by atoms with Gasteiger partial charge in [-0.05, 0) is 60.6 Å². The van der Waals surface area contributed by atoms with Crippen molar-refractivity contribution in [3.05, 3.63) is 70.5 Å². The number of carbonyl (C=O) groups is 5. The molecule has 5 N–H and O–H groups in total. The number of ether oxygens (including phenoxy) is 1. The van der Waals surface area contributed by atoms with Crippen LogP contribution in [0.5, 0.6) is 0 Å². The monoisotopic (exact) mass is 656 g/mol. The third-order valence-electron chi connectivity index (χ3n) is 9.08. The van der Waals surface area contributed by atoms with Crippen LogP contribution in [0, 0.1) is 17.7 Å². The SMILES string of the molecule is CC(C)(c1cccc(Cl)c1)C(OC(=O)NC(CC1CCCCC1)C(=O)NC(CC1CCNC1=O)C(=O)C(N)=O)c1ccc(F)cc1. The average Bonchev–Trinajstić information content (AvgIpc) is 3.43. The largest absolute Gasteiger partial charge is 0.440 e. The minimum Gasteiger partial charge on any atom is -0.440 e. The highest BCUT2D eigenvalue weighted by Gasteiger charge is 2.39. The van der Waals surface area contributed by atoms with Crippen molar-refractivity contribution in [3.8, 4) is 0 Å². The maximum absolute atomic E-state index is 13.9. The van der Waals surface area contributed by atoms with E-state index in [1.165, 1.54) is 24.3 Å². The quantitative estimate of drug-likeness (QED) is 0.230. The van der Waals surface area contributed by atoms with Gasteiger partial charge in [0.25, 0.3) is 5.91 Å². The van der Waals surface area contributed by atoms with E-state index >= 15 is 0 Å². The number of hydrogen-bond acceptors (Lipinski definition) is 6. The zero-order chi connectivity index (χ0) is 33.4. The molecule has 12 heteroatoms. The molecule has 10 nitrogen and oxygen atoms in total. The van der Waals surface area contributed by atoms with E-state index in [0.29, 0.717) is 23.6 Å². The van der Waals surface area contributed by atoms with Gasteiger partial charge >= 0.3 is 6.09 Å². The molecule has 1 aliphatic carbocycles. The second kappa shape index (κ2) is 15.5. The standard InChI is InChI=1S/C34H42ClFN4O6/c1-34(2,23-9-6-10-24(35)19-23)29(21-11-13-25(36)14-12-21)46-33(45)40-27(17-20-7-4-3-5-8-20)32(44)39-26(28(41)30(37)42)18-22-15-16-38-31(22)43/h6,9-14,19-20,22,26-27,29H,3-5,7-8,15-18H2,1-2H3,(H2,37,42)(H,38,43)(H,39,44)(H,40,45). The highest BCUT2D eigenvalue weighted by atomic mass is 35.5. The molecule has 1 saturated carbocycles. The zero-order valence-corrected chi connectivity index (χ0v) is 26.9. The van der Waals surface area contributed by atoms with Crippen molar-refractivity contribution in [3.63, 3.8) is 0 Å². The molecule has 46 heavy (non-hydrogen) atoms. The molecule has 0 radical (unpaired) electrons. The Morgan fingerprint density at radius 3 is 2.30 bits per heavy atom. The smallest absolute Gasteiger partial charge is 0.408 e. The summed E-state index contributed by atoms with van der Waals surface area (Å²) >= 11 is 6.28. The molecule has 1 heterocycles. The summed E-state index contributed by atoms with van der Waals surface area (Å²) < 4.78 is 19.9. The van der Waals surface area contributed by atoms with Gasteiger partial charge in [-0.2, -0.15) is 0 Å². The van der Waals surface area contributed by atoms with Gasteiger partial charge in [-0.1, -0.05) is 81.8 Å². The second-order valence-corrected chi connectivity index (χ2v) is 13.2. The Morgan fingerprint density at radius 1 is 1.00 bits per heavy atom. The molecule has 0 spiro atoms. The van der Waals surface area contributed by atoms with Crippen LogP contribution in [-0.2, 0) is 29.3 Å². The van der Waals surface area contributed by atoms with E-state index in [0.717, 1.165) is 37.7 Å². The molecule has 0 aromatic heterocycles. The number of Topliss-reactive ketones (excluding diaryl/α,β-unsaturated/α-hetero) is 1. The van der Waals surface area contributed by atoms with E-state index in [1.807, 2.05) is 19.9 Å². The maximum atomic E-state index is 13.9. The molecule has 248 valence electrons. The van der Waals surface area contributed by atoms with Crippen molar-refractivity contribution < 1.29 is 33.1 Å². The van der Waals surface area contributed by atoms with E-state index in [9.17, 15) is 28.4 Å². The van der Waals surface area contributed by atoms with E-state index in [2.05, 4.69) is 16.0 Å². The number of carbonyl (C=O) groups excluding carboxylic acids is 5. The summed E-state index contributed by atoms with van der Waals surface area (Å²) in [6.45, 7) is 4.16. The zero-order valence-electron chi connectivity index (χ0n) is 26.2. The summed E-state index contributed by atoms with van der Waals surface area (Å²) in [6, 6.07) is 10.3. The molecular weight excluding hydrogens is 615 g/mol. The number of ketones is 1. The fourth-order valence-corrected chi connectivity index (χ4v) is 6.60. The van der Waals surface area contributed by atoms with Crippen LogP contribution in [0.15, 0.2) is 48.5 Å². The van der Waals surface area contributed by atoms with Crippen LogP contribution in [0.4, 0.5) is 9.18 Å². The van der Waals surface area contributed by atoms with Crippen LogP contribution in [0.3, 0.4) is 0 Å². The lowest BCUT2D eigenvalue weighted by Crippen LogP contribution is -2.54. The van der Waals surface area contributed by atoms with Crippen molar-refractivity contribution in [1.82, 2.24) is 16.0 Å². The van der Waals surface area contributed by atoms with Crippen molar-refractivity contribution in [2.75, 3.05) is 6.54 Å². The number of primary amides is 1. The Morgan fingerprint density at radius 2 is 1.70 bits per heavy atom. The molecule has 1 aliphatic heterocycles. The molecule has 2 aliphatic rings. The first-order valence-corrected chi connectivity index (χ1v) is 16.1. The van der Waals surface area contributed by atoms with Crippen LogP contribution >= 0.6 is 11.6 Å². The van der Waals surface area contributed by atoms with Gasteiger partial charge in [-0.3, -0.25) is 19.2 Å². The van der Waals surface area contributed by atoms with Crippen molar-refractivity contribution in [2.45, 2.75) is 88.8 Å². The number of halogens is 2. The number of alkyl carbamates (subject to hydrolysis) is 1. The highest BCUT2D eigenvalue weighted by Crippen LogP contribution is 2.40. The van der Waals surface area contributed by atoms with Crippen LogP contribution in [0.1, 0.15) is 82.4 Å². The Hall–Kier alpha value is -3.99. The molecule has 4 amide bonds. The van der Waals surface area contributed by atoms with Gasteiger partial charge in [-0.15, -0.1) is 0 Å². The van der Waals surface area contributed by atoms with E-state index in [4.69, 9.17) is 22.1 Å². The molecule has 4 rings (SSSR count). The number of amides is 4. The summed E-state index contributed by atoms with van der Waals surface area (Å²) in [5.41, 5.74) is 5.73. The Balaban J connectivity index is 1.58.